The molecule has 1 aromatic rings. The molecule has 0 amide bonds. The van der Waals surface area contributed by atoms with Crippen LogP contribution in [0.1, 0.15) is 18.4 Å². The van der Waals surface area contributed by atoms with E-state index in [0.717, 1.165) is 6.54 Å². The van der Waals surface area contributed by atoms with Gasteiger partial charge in [-0.1, -0.05) is 6.92 Å². The molecule has 1 rings (SSSR count). The number of likely N-dealkylation sites (N-methyl/N-ethyl adjacent to an activating group) is 1. The van der Waals surface area contributed by atoms with Gasteiger partial charge in [-0.25, -0.2) is 4.98 Å². The molecule has 90 valence electrons. The van der Waals surface area contributed by atoms with Crippen LogP contribution in [0.15, 0.2) is 10.9 Å². The molecule has 1 heterocycles. The van der Waals surface area contributed by atoms with E-state index in [2.05, 4.69) is 10.3 Å². The van der Waals surface area contributed by atoms with E-state index in [1.807, 2.05) is 6.92 Å². The lowest BCUT2D eigenvalue weighted by Crippen LogP contribution is -2.35. The molecule has 0 aliphatic rings. The van der Waals surface area contributed by atoms with Gasteiger partial charge in [0.05, 0.1) is 12.6 Å². The smallest absolute Gasteiger partial charge is 0.253 e. The highest BCUT2D eigenvalue weighted by atomic mass is 16.3. The molecule has 1 aromatic heterocycles. The Morgan fingerprint density at radius 2 is 2.25 bits per heavy atom. The molecule has 16 heavy (non-hydrogen) atoms. The van der Waals surface area contributed by atoms with E-state index >= 15 is 0 Å². The highest BCUT2D eigenvalue weighted by Gasteiger charge is 2.08. The molecular weight excluding hydrogens is 206 g/mol. The molecule has 0 saturated heterocycles. The van der Waals surface area contributed by atoms with Crippen LogP contribution < -0.4 is 10.9 Å². The third kappa shape index (κ3) is 3.43. The fraction of sp³-hybridized carbons (Fsp3) is 0.636. The van der Waals surface area contributed by atoms with Crippen LogP contribution in [0, 0.1) is 13.8 Å². The standard InChI is InChI=1S/C11H19N3O2/c1-4-12-6-10(15)7-14-9(3)13-8(2)5-11(14)16/h5,10,12,15H,4,6-7H2,1-3H3. The van der Waals surface area contributed by atoms with Gasteiger partial charge in [0.25, 0.3) is 5.56 Å². The van der Waals surface area contributed by atoms with Gasteiger partial charge in [-0.15, -0.1) is 0 Å². The first kappa shape index (κ1) is 12.9. The van der Waals surface area contributed by atoms with Crippen molar-refractivity contribution in [3.63, 3.8) is 0 Å². The third-order valence-electron chi connectivity index (χ3n) is 2.35. The topological polar surface area (TPSA) is 67.2 Å². The van der Waals surface area contributed by atoms with Crippen LogP contribution in [0.2, 0.25) is 0 Å². The number of aryl methyl sites for hydroxylation is 2. The second kappa shape index (κ2) is 5.77. The normalized spacial score (nSPS) is 12.8. The second-order valence-electron chi connectivity index (χ2n) is 3.86. The number of hydrogen-bond acceptors (Lipinski definition) is 4. The molecule has 0 aliphatic heterocycles. The summed E-state index contributed by atoms with van der Waals surface area (Å²) in [5, 5.41) is 12.7. The van der Waals surface area contributed by atoms with E-state index in [0.29, 0.717) is 18.1 Å². The highest BCUT2D eigenvalue weighted by molar-refractivity contribution is 5.01. The summed E-state index contributed by atoms with van der Waals surface area (Å²) in [6.07, 6.45) is -0.569. The lowest BCUT2D eigenvalue weighted by atomic mass is 10.3. The van der Waals surface area contributed by atoms with E-state index in [-0.39, 0.29) is 12.1 Å². The van der Waals surface area contributed by atoms with Crippen LogP contribution in [0.3, 0.4) is 0 Å². The lowest BCUT2D eigenvalue weighted by molar-refractivity contribution is 0.149. The summed E-state index contributed by atoms with van der Waals surface area (Å²) in [6.45, 7) is 7.10. The van der Waals surface area contributed by atoms with E-state index in [1.54, 1.807) is 13.8 Å². The van der Waals surface area contributed by atoms with Crippen LogP contribution in [-0.2, 0) is 6.54 Å². The molecule has 0 bridgehead atoms. The quantitative estimate of drug-likeness (QED) is 0.730. The van der Waals surface area contributed by atoms with Crippen LogP contribution in [0.4, 0.5) is 0 Å². The molecule has 0 saturated carbocycles. The van der Waals surface area contributed by atoms with Gasteiger partial charge in [0.15, 0.2) is 0 Å². The van der Waals surface area contributed by atoms with E-state index in [4.69, 9.17) is 0 Å². The molecule has 2 N–H and O–H groups in total. The van der Waals surface area contributed by atoms with E-state index < -0.39 is 6.10 Å². The summed E-state index contributed by atoms with van der Waals surface area (Å²) in [5.74, 6) is 0.639. The third-order valence-corrected chi connectivity index (χ3v) is 2.35. The van der Waals surface area contributed by atoms with Crippen LogP contribution in [0.25, 0.3) is 0 Å². The molecule has 5 nitrogen and oxygen atoms in total. The van der Waals surface area contributed by atoms with Gasteiger partial charge in [-0.05, 0) is 20.4 Å². The summed E-state index contributed by atoms with van der Waals surface area (Å²) in [4.78, 5) is 15.9. The van der Waals surface area contributed by atoms with E-state index in [9.17, 15) is 9.90 Å². The molecule has 0 aliphatic carbocycles. The Morgan fingerprint density at radius 1 is 1.56 bits per heavy atom. The maximum absolute atomic E-state index is 11.7. The van der Waals surface area contributed by atoms with Crippen LogP contribution in [-0.4, -0.2) is 33.9 Å². The number of hydrogen-bond donors (Lipinski definition) is 2. The first-order valence-corrected chi connectivity index (χ1v) is 5.48. The summed E-state index contributed by atoms with van der Waals surface area (Å²) < 4.78 is 1.50. The van der Waals surface area contributed by atoms with Crippen molar-refractivity contribution >= 4 is 0 Å². The van der Waals surface area contributed by atoms with Gasteiger partial charge in [0.2, 0.25) is 0 Å². The fourth-order valence-electron chi connectivity index (χ4n) is 1.57. The Labute approximate surface area is 95.1 Å². The summed E-state index contributed by atoms with van der Waals surface area (Å²) >= 11 is 0. The SMILES string of the molecule is CCNCC(O)Cn1c(C)nc(C)cc1=O. The van der Waals surface area contributed by atoms with Crippen molar-refractivity contribution in [1.29, 1.82) is 0 Å². The minimum absolute atomic E-state index is 0.111. The minimum atomic E-state index is -0.569. The molecular formula is C11H19N3O2. The lowest BCUT2D eigenvalue weighted by Gasteiger charge is -2.14. The Kier molecular flexibility index (Phi) is 4.64. The van der Waals surface area contributed by atoms with Crippen molar-refractivity contribution in [2.24, 2.45) is 0 Å². The van der Waals surface area contributed by atoms with Gasteiger partial charge < -0.3 is 10.4 Å². The van der Waals surface area contributed by atoms with Crippen molar-refractivity contribution in [1.82, 2.24) is 14.9 Å². The van der Waals surface area contributed by atoms with Crippen molar-refractivity contribution < 1.29 is 5.11 Å². The van der Waals surface area contributed by atoms with Crippen molar-refractivity contribution in [3.8, 4) is 0 Å². The molecule has 0 aromatic carbocycles. The number of nitrogens with one attached hydrogen (secondary N) is 1. The zero-order valence-corrected chi connectivity index (χ0v) is 10.0. The highest BCUT2D eigenvalue weighted by Crippen LogP contribution is 1.95. The Bertz CT molecular complexity index is 401. The summed E-state index contributed by atoms with van der Waals surface area (Å²) in [7, 11) is 0. The molecule has 5 heteroatoms. The average Bonchev–Trinajstić information content (AvgIpc) is 2.20. The predicted molar refractivity (Wildman–Crippen MR) is 62.5 cm³/mol. The fourth-order valence-corrected chi connectivity index (χ4v) is 1.57. The summed E-state index contributed by atoms with van der Waals surface area (Å²) in [5.41, 5.74) is 0.598. The minimum Gasteiger partial charge on any atom is -0.390 e. The number of rotatable bonds is 5. The first-order chi connectivity index (χ1) is 7.54. The maximum atomic E-state index is 11.7. The monoisotopic (exact) mass is 225 g/mol. The van der Waals surface area contributed by atoms with Crippen LogP contribution >= 0.6 is 0 Å². The van der Waals surface area contributed by atoms with E-state index in [1.165, 1.54) is 10.6 Å². The Morgan fingerprint density at radius 3 is 2.81 bits per heavy atom. The van der Waals surface area contributed by atoms with Crippen LogP contribution in [0.5, 0.6) is 0 Å². The van der Waals surface area contributed by atoms with Gasteiger partial charge >= 0.3 is 0 Å². The average molecular weight is 225 g/mol. The number of aromatic nitrogens is 2. The Hall–Kier alpha value is -1.20. The molecule has 1 unspecified atom stereocenters. The van der Waals surface area contributed by atoms with Gasteiger partial charge in [-0.2, -0.15) is 0 Å². The van der Waals surface area contributed by atoms with Gasteiger partial charge in [-0.3, -0.25) is 9.36 Å². The number of aliphatic hydroxyl groups excluding tert-OH is 1. The molecule has 0 spiro atoms. The first-order valence-electron chi connectivity index (χ1n) is 5.48. The zero-order valence-electron chi connectivity index (χ0n) is 10.0. The zero-order chi connectivity index (χ0) is 12.1. The predicted octanol–water partition coefficient (Wildman–Crippen LogP) is -0.169. The Balaban J connectivity index is 2.77. The van der Waals surface area contributed by atoms with Crippen molar-refractivity contribution in [3.05, 3.63) is 27.9 Å². The number of aliphatic hydroxyl groups is 1. The van der Waals surface area contributed by atoms with Gasteiger partial charge in [0, 0.05) is 18.3 Å². The molecule has 0 radical (unpaired) electrons. The van der Waals surface area contributed by atoms with Crippen molar-refractivity contribution in [2.45, 2.75) is 33.4 Å². The largest absolute Gasteiger partial charge is 0.390 e. The second-order valence-corrected chi connectivity index (χ2v) is 3.86. The number of nitrogens with zero attached hydrogens (tertiary/aromatic N) is 2. The molecule has 1 atom stereocenters. The van der Waals surface area contributed by atoms with Crippen molar-refractivity contribution in [2.75, 3.05) is 13.1 Å². The summed E-state index contributed by atoms with van der Waals surface area (Å²) in [6, 6.07) is 1.48. The van der Waals surface area contributed by atoms with Gasteiger partial charge in [0.1, 0.15) is 5.82 Å². The maximum Gasteiger partial charge on any atom is 0.253 e. The molecule has 0 fully saturated rings.